The number of sulfonamides is 1. The van der Waals surface area contributed by atoms with Gasteiger partial charge in [0.25, 0.3) is 0 Å². The zero-order chi connectivity index (χ0) is 25.5. The van der Waals surface area contributed by atoms with Gasteiger partial charge in [0.2, 0.25) is 15.9 Å². The van der Waals surface area contributed by atoms with Gasteiger partial charge in [0.05, 0.1) is 31.8 Å². The molecule has 35 heavy (non-hydrogen) atoms. The highest BCUT2D eigenvalue weighted by Gasteiger charge is 2.27. The van der Waals surface area contributed by atoms with Crippen LogP contribution in [0.1, 0.15) is 38.3 Å². The van der Waals surface area contributed by atoms with Gasteiger partial charge >= 0.3 is 0 Å². The van der Waals surface area contributed by atoms with Gasteiger partial charge in [-0.25, -0.2) is 8.42 Å². The summed E-state index contributed by atoms with van der Waals surface area (Å²) in [5.41, 5.74) is 1.99. The predicted molar refractivity (Wildman–Crippen MR) is 135 cm³/mol. The lowest BCUT2D eigenvalue weighted by Crippen LogP contribution is -2.40. The van der Waals surface area contributed by atoms with Gasteiger partial charge in [-0.3, -0.25) is 4.79 Å². The number of aryl methyl sites for hydroxylation is 1. The number of rotatable bonds is 10. The quantitative estimate of drug-likeness (QED) is 0.500. The molecule has 1 saturated heterocycles. The van der Waals surface area contributed by atoms with Crippen molar-refractivity contribution in [1.82, 2.24) is 9.62 Å². The van der Waals surface area contributed by atoms with Crippen LogP contribution in [-0.2, 0) is 31.4 Å². The lowest BCUT2D eigenvalue weighted by molar-refractivity contribution is -0.121. The lowest BCUT2D eigenvalue weighted by Gasteiger charge is -2.26. The zero-order valence-corrected chi connectivity index (χ0v) is 21.8. The van der Waals surface area contributed by atoms with E-state index in [1.54, 1.807) is 18.2 Å². The van der Waals surface area contributed by atoms with Crippen molar-refractivity contribution >= 4 is 15.9 Å². The SMILES string of the molecule is COc1ccc(S(=O)(=O)N2CCOCC2)cc1CCC(=O)NCCOc1ccc(C(C)(C)C)cc1. The van der Waals surface area contributed by atoms with Gasteiger partial charge in [-0.15, -0.1) is 0 Å². The van der Waals surface area contributed by atoms with Gasteiger partial charge in [-0.2, -0.15) is 4.31 Å². The number of ether oxygens (including phenoxy) is 3. The molecular weight excluding hydrogens is 468 g/mol. The Hall–Kier alpha value is -2.62. The van der Waals surface area contributed by atoms with Crippen LogP contribution in [0.2, 0.25) is 0 Å². The lowest BCUT2D eigenvalue weighted by atomic mass is 9.87. The highest BCUT2D eigenvalue weighted by atomic mass is 32.2. The molecule has 1 amide bonds. The van der Waals surface area contributed by atoms with Crippen molar-refractivity contribution in [3.63, 3.8) is 0 Å². The van der Waals surface area contributed by atoms with Gasteiger partial charge in [0, 0.05) is 19.5 Å². The maximum Gasteiger partial charge on any atom is 0.243 e. The molecule has 2 aromatic carbocycles. The van der Waals surface area contributed by atoms with Crippen molar-refractivity contribution in [1.29, 1.82) is 0 Å². The summed E-state index contributed by atoms with van der Waals surface area (Å²) in [6.45, 7) is 8.64. The number of morpholine rings is 1. The van der Waals surface area contributed by atoms with Crippen molar-refractivity contribution in [2.75, 3.05) is 46.6 Å². The van der Waals surface area contributed by atoms with E-state index in [-0.39, 0.29) is 22.6 Å². The van der Waals surface area contributed by atoms with E-state index in [0.717, 1.165) is 5.75 Å². The number of amides is 1. The molecule has 0 atom stereocenters. The summed E-state index contributed by atoms with van der Waals surface area (Å²) < 4.78 is 43.7. The molecule has 0 saturated carbocycles. The standard InChI is InChI=1S/C26H36N2O6S/c1-26(2,3)21-6-8-22(9-7-21)34-16-13-27-25(29)12-5-20-19-23(10-11-24(20)32-4)35(30,31)28-14-17-33-18-15-28/h6-11,19H,5,12-18H2,1-4H3,(H,27,29). The normalized spacial score (nSPS) is 15.0. The Kier molecular flexibility index (Phi) is 9.15. The van der Waals surface area contributed by atoms with E-state index in [1.807, 2.05) is 12.1 Å². The molecule has 192 valence electrons. The van der Waals surface area contributed by atoms with Crippen molar-refractivity contribution in [2.45, 2.75) is 43.9 Å². The first-order chi connectivity index (χ1) is 16.6. The summed E-state index contributed by atoms with van der Waals surface area (Å²) in [6, 6.07) is 12.8. The zero-order valence-electron chi connectivity index (χ0n) is 21.0. The average molecular weight is 505 g/mol. The topological polar surface area (TPSA) is 94.2 Å². The predicted octanol–water partition coefficient (Wildman–Crippen LogP) is 3.14. The minimum atomic E-state index is -3.62. The van der Waals surface area contributed by atoms with Crippen LogP contribution in [0.4, 0.5) is 0 Å². The maximum absolute atomic E-state index is 13.0. The third-order valence-corrected chi connectivity index (χ3v) is 7.79. The summed E-state index contributed by atoms with van der Waals surface area (Å²) in [5, 5.41) is 2.85. The Labute approximate surface area is 208 Å². The van der Waals surface area contributed by atoms with Gasteiger partial charge in [-0.05, 0) is 53.3 Å². The largest absolute Gasteiger partial charge is 0.496 e. The van der Waals surface area contributed by atoms with Gasteiger partial charge in [0.15, 0.2) is 0 Å². The van der Waals surface area contributed by atoms with Crippen LogP contribution in [0.25, 0.3) is 0 Å². The number of benzene rings is 2. The van der Waals surface area contributed by atoms with Crippen LogP contribution in [0.3, 0.4) is 0 Å². The van der Waals surface area contributed by atoms with Crippen LogP contribution in [-0.4, -0.2) is 65.2 Å². The van der Waals surface area contributed by atoms with Crippen LogP contribution in [0.5, 0.6) is 11.5 Å². The molecule has 0 aliphatic carbocycles. The van der Waals surface area contributed by atoms with Crippen LogP contribution < -0.4 is 14.8 Å². The number of nitrogens with one attached hydrogen (secondary N) is 1. The number of hydrogen-bond acceptors (Lipinski definition) is 6. The third kappa shape index (κ3) is 7.43. The molecule has 1 heterocycles. The molecule has 0 spiro atoms. The molecule has 8 nitrogen and oxygen atoms in total. The Morgan fingerprint density at radius 3 is 2.40 bits per heavy atom. The van der Waals surface area contributed by atoms with Crippen molar-refractivity contribution in [3.8, 4) is 11.5 Å². The fraction of sp³-hybridized carbons (Fsp3) is 0.500. The second-order valence-corrected chi connectivity index (χ2v) is 11.4. The Morgan fingerprint density at radius 1 is 1.09 bits per heavy atom. The maximum atomic E-state index is 13.0. The van der Waals surface area contributed by atoms with E-state index in [0.29, 0.717) is 57.2 Å². The molecule has 1 aliphatic heterocycles. The summed E-state index contributed by atoms with van der Waals surface area (Å²) in [5.74, 6) is 1.18. The molecule has 3 rings (SSSR count). The van der Waals surface area contributed by atoms with Crippen LogP contribution in [0.15, 0.2) is 47.4 Å². The number of nitrogens with zero attached hydrogens (tertiary/aromatic N) is 1. The molecule has 1 fully saturated rings. The monoisotopic (exact) mass is 504 g/mol. The first kappa shape index (κ1) is 27.0. The van der Waals surface area contributed by atoms with E-state index in [9.17, 15) is 13.2 Å². The fourth-order valence-corrected chi connectivity index (χ4v) is 5.25. The highest BCUT2D eigenvalue weighted by molar-refractivity contribution is 7.89. The van der Waals surface area contributed by atoms with E-state index in [2.05, 4.69) is 38.2 Å². The van der Waals surface area contributed by atoms with Gasteiger partial charge in [-0.1, -0.05) is 32.9 Å². The molecule has 0 unspecified atom stereocenters. The smallest absolute Gasteiger partial charge is 0.243 e. The first-order valence-electron chi connectivity index (χ1n) is 11.9. The van der Waals surface area contributed by atoms with Gasteiger partial charge in [0.1, 0.15) is 18.1 Å². The third-order valence-electron chi connectivity index (χ3n) is 5.89. The molecule has 2 aromatic rings. The van der Waals surface area contributed by atoms with Crippen LogP contribution >= 0.6 is 0 Å². The summed E-state index contributed by atoms with van der Waals surface area (Å²) in [6.07, 6.45) is 0.564. The summed E-state index contributed by atoms with van der Waals surface area (Å²) >= 11 is 0. The second-order valence-electron chi connectivity index (χ2n) is 9.46. The van der Waals surface area contributed by atoms with E-state index in [4.69, 9.17) is 14.2 Å². The summed E-state index contributed by atoms with van der Waals surface area (Å²) in [4.78, 5) is 12.6. The van der Waals surface area contributed by atoms with E-state index >= 15 is 0 Å². The Bertz CT molecular complexity index is 1090. The van der Waals surface area contributed by atoms with Crippen molar-refractivity contribution in [3.05, 3.63) is 53.6 Å². The average Bonchev–Trinajstić information content (AvgIpc) is 2.85. The number of hydrogen-bond donors (Lipinski definition) is 1. The highest BCUT2D eigenvalue weighted by Crippen LogP contribution is 2.26. The molecule has 1 aliphatic rings. The second kappa shape index (κ2) is 11.9. The van der Waals surface area contributed by atoms with Crippen molar-refractivity contribution in [2.24, 2.45) is 0 Å². The molecule has 1 N–H and O–H groups in total. The van der Waals surface area contributed by atoms with E-state index in [1.165, 1.54) is 17.0 Å². The Balaban J connectivity index is 1.50. The molecular formula is C26H36N2O6S. The molecule has 9 heteroatoms. The molecule has 0 aromatic heterocycles. The number of carbonyl (C=O) groups excluding carboxylic acids is 1. The molecule has 0 bridgehead atoms. The van der Waals surface area contributed by atoms with Gasteiger partial charge < -0.3 is 19.5 Å². The van der Waals surface area contributed by atoms with Crippen molar-refractivity contribution < 1.29 is 27.4 Å². The van der Waals surface area contributed by atoms with Crippen LogP contribution in [0, 0.1) is 0 Å². The fourth-order valence-electron chi connectivity index (χ4n) is 3.79. The molecule has 0 radical (unpaired) electrons. The number of carbonyl (C=O) groups is 1. The summed E-state index contributed by atoms with van der Waals surface area (Å²) in [7, 11) is -2.09. The first-order valence-corrected chi connectivity index (χ1v) is 13.3. The Morgan fingerprint density at radius 2 is 1.77 bits per heavy atom. The number of methoxy groups -OCH3 is 1. The minimum Gasteiger partial charge on any atom is -0.496 e. The van der Waals surface area contributed by atoms with E-state index < -0.39 is 10.0 Å². The minimum absolute atomic E-state index is 0.0847.